The maximum atomic E-state index is 12.5. The monoisotopic (exact) mass is 576 g/mol. The molecule has 2 aromatic heterocycles. The number of halogens is 3. The number of aromatic nitrogens is 5. The molecule has 0 spiro atoms. The number of ether oxygens (including phenoxy) is 2. The quantitative estimate of drug-likeness (QED) is 0.318. The number of benzene rings is 2. The Balaban J connectivity index is 1.66. The van der Waals surface area contributed by atoms with E-state index >= 15 is 0 Å². The SMILES string of the molecule is CC(C)(C)OC(=O)Nc1nn(-c2cc(Cl)c(Oc3cc(-c4ccccc4)c(Cl)nn3)c(Cl)c2)c(=O)[nH]c1=O. The summed E-state index contributed by atoms with van der Waals surface area (Å²) >= 11 is 19.0. The van der Waals surface area contributed by atoms with Crippen LogP contribution in [0.2, 0.25) is 15.2 Å². The predicted molar refractivity (Wildman–Crippen MR) is 143 cm³/mol. The van der Waals surface area contributed by atoms with Crippen LogP contribution in [0.4, 0.5) is 10.6 Å². The van der Waals surface area contributed by atoms with Gasteiger partial charge in [0.25, 0.3) is 5.56 Å². The van der Waals surface area contributed by atoms with Crippen molar-refractivity contribution in [1.82, 2.24) is 25.0 Å². The summed E-state index contributed by atoms with van der Waals surface area (Å²) in [5.41, 5.74) is -1.20. The molecule has 38 heavy (non-hydrogen) atoms. The Hall–Kier alpha value is -3.93. The predicted octanol–water partition coefficient (Wildman–Crippen LogP) is 5.48. The highest BCUT2D eigenvalue weighted by atomic mass is 35.5. The van der Waals surface area contributed by atoms with E-state index in [0.717, 1.165) is 10.2 Å². The number of amides is 1. The van der Waals surface area contributed by atoms with Crippen molar-refractivity contribution < 1.29 is 14.3 Å². The molecule has 4 rings (SSSR count). The number of aromatic amines is 1. The van der Waals surface area contributed by atoms with Gasteiger partial charge in [0.2, 0.25) is 11.7 Å². The summed E-state index contributed by atoms with van der Waals surface area (Å²) < 4.78 is 11.7. The van der Waals surface area contributed by atoms with Crippen molar-refractivity contribution in [2.24, 2.45) is 0 Å². The van der Waals surface area contributed by atoms with Crippen molar-refractivity contribution in [3.05, 3.63) is 84.6 Å². The third-order valence-corrected chi connectivity index (χ3v) is 5.53. The van der Waals surface area contributed by atoms with Gasteiger partial charge in [0.05, 0.1) is 15.7 Å². The summed E-state index contributed by atoms with van der Waals surface area (Å²) in [6.45, 7) is 4.95. The molecule has 196 valence electrons. The summed E-state index contributed by atoms with van der Waals surface area (Å²) in [5.74, 6) is -0.387. The van der Waals surface area contributed by atoms with E-state index in [0.29, 0.717) is 5.56 Å². The topological polar surface area (TPSA) is 141 Å². The largest absolute Gasteiger partial charge is 0.444 e. The van der Waals surface area contributed by atoms with Gasteiger partial charge in [-0.15, -0.1) is 15.3 Å². The molecular weight excluding hydrogens is 559 g/mol. The highest BCUT2D eigenvalue weighted by Crippen LogP contribution is 2.38. The Bertz CT molecular complexity index is 1610. The summed E-state index contributed by atoms with van der Waals surface area (Å²) in [5, 5.41) is 14.1. The lowest BCUT2D eigenvalue weighted by Gasteiger charge is -2.19. The number of carbonyl (C=O) groups excluding carboxylic acids is 1. The second-order valence-corrected chi connectivity index (χ2v) is 9.91. The standard InChI is InChI=1S/C24H19Cl3N6O5/c1-24(2,3)38-23(36)28-20-21(34)29-22(35)33(32-20)13-9-15(25)18(16(26)10-13)37-17-11-14(19(27)31-30-17)12-7-5-4-6-8-12/h4-11H,1-3H3,(H,28,32,36)(H,29,34,35). The number of rotatable bonds is 5. The van der Waals surface area contributed by atoms with Crippen LogP contribution in [0.25, 0.3) is 16.8 Å². The third-order valence-electron chi connectivity index (χ3n) is 4.69. The number of anilines is 1. The summed E-state index contributed by atoms with van der Waals surface area (Å²) in [7, 11) is 0. The van der Waals surface area contributed by atoms with E-state index in [1.165, 1.54) is 12.1 Å². The molecule has 0 atom stereocenters. The lowest BCUT2D eigenvalue weighted by atomic mass is 10.1. The average Bonchev–Trinajstić information content (AvgIpc) is 2.83. The smallest absolute Gasteiger partial charge is 0.413 e. The Morgan fingerprint density at radius 2 is 1.66 bits per heavy atom. The van der Waals surface area contributed by atoms with Crippen LogP contribution in [0.1, 0.15) is 20.8 Å². The zero-order chi connectivity index (χ0) is 27.6. The van der Waals surface area contributed by atoms with Gasteiger partial charge in [-0.3, -0.25) is 15.1 Å². The van der Waals surface area contributed by atoms with E-state index in [2.05, 4.69) is 25.6 Å². The fourth-order valence-electron chi connectivity index (χ4n) is 3.16. The Morgan fingerprint density at radius 1 is 1.00 bits per heavy atom. The molecule has 14 heteroatoms. The normalized spacial score (nSPS) is 11.2. The van der Waals surface area contributed by atoms with Crippen LogP contribution in [0.3, 0.4) is 0 Å². The number of nitrogens with zero attached hydrogens (tertiary/aromatic N) is 4. The maximum Gasteiger partial charge on any atom is 0.413 e. The van der Waals surface area contributed by atoms with Crippen molar-refractivity contribution in [2.45, 2.75) is 26.4 Å². The van der Waals surface area contributed by atoms with Gasteiger partial charge in [-0.1, -0.05) is 65.1 Å². The molecule has 1 amide bonds. The van der Waals surface area contributed by atoms with Crippen LogP contribution in [0.15, 0.2) is 58.1 Å². The zero-order valence-electron chi connectivity index (χ0n) is 20.1. The molecule has 2 aromatic carbocycles. The molecule has 0 aliphatic rings. The lowest BCUT2D eigenvalue weighted by Crippen LogP contribution is -2.36. The number of nitrogens with one attached hydrogen (secondary N) is 2. The van der Waals surface area contributed by atoms with E-state index in [9.17, 15) is 14.4 Å². The van der Waals surface area contributed by atoms with Gasteiger partial charge < -0.3 is 9.47 Å². The van der Waals surface area contributed by atoms with E-state index in [4.69, 9.17) is 44.3 Å². The Morgan fingerprint density at radius 3 is 2.29 bits per heavy atom. The Kier molecular flexibility index (Phi) is 7.72. The molecule has 0 fully saturated rings. The van der Waals surface area contributed by atoms with Crippen molar-refractivity contribution >= 4 is 46.7 Å². The number of carbonyl (C=O) groups is 1. The molecule has 0 radical (unpaired) electrons. The highest BCUT2D eigenvalue weighted by Gasteiger charge is 2.20. The molecule has 2 N–H and O–H groups in total. The van der Waals surface area contributed by atoms with Gasteiger partial charge in [0.15, 0.2) is 10.9 Å². The first-order chi connectivity index (χ1) is 17.9. The van der Waals surface area contributed by atoms with Gasteiger partial charge in [0.1, 0.15) is 5.60 Å². The Labute approximate surface area is 230 Å². The van der Waals surface area contributed by atoms with Crippen molar-refractivity contribution in [3.8, 4) is 28.4 Å². The molecule has 4 aromatic rings. The molecule has 0 saturated carbocycles. The van der Waals surface area contributed by atoms with Crippen LogP contribution in [0, 0.1) is 0 Å². The average molecular weight is 578 g/mol. The van der Waals surface area contributed by atoms with Gasteiger partial charge in [-0.25, -0.2) is 9.59 Å². The van der Waals surface area contributed by atoms with E-state index < -0.39 is 28.8 Å². The van der Waals surface area contributed by atoms with Crippen molar-refractivity contribution in [2.75, 3.05) is 5.32 Å². The van der Waals surface area contributed by atoms with Crippen LogP contribution in [-0.2, 0) is 4.74 Å². The van der Waals surface area contributed by atoms with Gasteiger partial charge in [-0.05, 0) is 38.5 Å². The number of H-pyrrole nitrogens is 1. The number of hydrogen-bond acceptors (Lipinski definition) is 8. The first kappa shape index (κ1) is 27.1. The van der Waals surface area contributed by atoms with Crippen molar-refractivity contribution in [3.63, 3.8) is 0 Å². The van der Waals surface area contributed by atoms with E-state index in [1.54, 1.807) is 26.8 Å². The second kappa shape index (κ2) is 10.8. The molecule has 0 saturated heterocycles. The van der Waals surface area contributed by atoms with E-state index in [1.807, 2.05) is 30.3 Å². The molecule has 0 aliphatic carbocycles. The second-order valence-electron chi connectivity index (χ2n) is 8.74. The molecule has 0 aliphatic heterocycles. The summed E-state index contributed by atoms with van der Waals surface area (Å²) in [6, 6.07) is 13.5. The molecular formula is C24H19Cl3N6O5. The first-order valence-electron chi connectivity index (χ1n) is 10.9. The van der Waals surface area contributed by atoms with Gasteiger partial charge >= 0.3 is 11.8 Å². The van der Waals surface area contributed by atoms with Crippen LogP contribution in [0.5, 0.6) is 11.6 Å². The maximum absolute atomic E-state index is 12.5. The third kappa shape index (κ3) is 6.31. The lowest BCUT2D eigenvalue weighted by molar-refractivity contribution is 0.0634. The molecule has 2 heterocycles. The first-order valence-corrected chi connectivity index (χ1v) is 12.0. The van der Waals surface area contributed by atoms with Crippen LogP contribution in [-0.4, -0.2) is 36.7 Å². The van der Waals surface area contributed by atoms with Crippen LogP contribution < -0.4 is 21.3 Å². The molecule has 0 unspecified atom stereocenters. The zero-order valence-corrected chi connectivity index (χ0v) is 22.4. The van der Waals surface area contributed by atoms with Gasteiger partial charge in [0, 0.05) is 11.6 Å². The minimum absolute atomic E-state index is 0.00735. The van der Waals surface area contributed by atoms with Crippen LogP contribution >= 0.6 is 34.8 Å². The minimum Gasteiger partial charge on any atom is -0.444 e. The fourth-order valence-corrected chi connectivity index (χ4v) is 3.91. The summed E-state index contributed by atoms with van der Waals surface area (Å²) in [6.07, 6.45) is -0.931. The van der Waals surface area contributed by atoms with Gasteiger partial charge in [-0.2, -0.15) is 4.68 Å². The molecule has 11 nitrogen and oxygen atoms in total. The fraction of sp³-hybridized carbons (Fsp3) is 0.167. The number of hydrogen-bond donors (Lipinski definition) is 2. The van der Waals surface area contributed by atoms with Crippen molar-refractivity contribution in [1.29, 1.82) is 0 Å². The minimum atomic E-state index is -0.931. The highest BCUT2D eigenvalue weighted by molar-refractivity contribution is 6.37. The van der Waals surface area contributed by atoms with E-state index in [-0.39, 0.29) is 32.5 Å². The molecule has 0 bridgehead atoms. The summed E-state index contributed by atoms with van der Waals surface area (Å²) in [4.78, 5) is 38.8.